The third-order valence-electron chi connectivity index (χ3n) is 2.48. The molecule has 1 heterocycles. The van der Waals surface area contributed by atoms with Gasteiger partial charge in [0, 0.05) is 12.5 Å². The number of hydrogen-bond donors (Lipinski definition) is 0. The fraction of sp³-hybridized carbons (Fsp3) is 0.700. The number of aromatic nitrogens is 1. The van der Waals surface area contributed by atoms with E-state index in [0.717, 1.165) is 12.3 Å². The van der Waals surface area contributed by atoms with E-state index in [1.165, 1.54) is 23.5 Å². The first-order valence-corrected chi connectivity index (χ1v) is 5.70. The third kappa shape index (κ3) is 1.92. The topological polar surface area (TPSA) is 22.1 Å². The Bertz CT molecular complexity index is 280. The standard InChI is InChI=1S/C10H15NOS/c1-3-8-6-13-10(11-8)9(12-2)7-4-5-7/h6-7,9H,3-5H2,1-2H3. The lowest BCUT2D eigenvalue weighted by atomic mass is 10.2. The lowest BCUT2D eigenvalue weighted by Crippen LogP contribution is -2.03. The maximum atomic E-state index is 5.47. The van der Waals surface area contributed by atoms with Gasteiger partial charge in [-0.25, -0.2) is 4.98 Å². The van der Waals surface area contributed by atoms with Gasteiger partial charge in [0.2, 0.25) is 0 Å². The molecule has 1 unspecified atom stereocenters. The second-order valence-corrected chi connectivity index (χ2v) is 4.41. The van der Waals surface area contributed by atoms with Crippen LogP contribution >= 0.6 is 11.3 Å². The number of aryl methyl sites for hydroxylation is 1. The molecule has 0 aliphatic heterocycles. The van der Waals surface area contributed by atoms with Crippen LogP contribution in [-0.4, -0.2) is 12.1 Å². The molecule has 0 bridgehead atoms. The molecule has 1 aliphatic rings. The van der Waals surface area contributed by atoms with Crippen molar-refractivity contribution in [1.82, 2.24) is 4.98 Å². The number of thiazole rings is 1. The molecule has 0 saturated heterocycles. The van der Waals surface area contributed by atoms with Crippen molar-refractivity contribution in [2.75, 3.05) is 7.11 Å². The van der Waals surface area contributed by atoms with Gasteiger partial charge in [-0.1, -0.05) is 6.92 Å². The fourth-order valence-corrected chi connectivity index (χ4v) is 2.58. The summed E-state index contributed by atoms with van der Waals surface area (Å²) in [4.78, 5) is 4.55. The average Bonchev–Trinajstić information content (AvgIpc) is 2.85. The summed E-state index contributed by atoms with van der Waals surface area (Å²) < 4.78 is 5.47. The van der Waals surface area contributed by atoms with Crippen molar-refractivity contribution in [2.45, 2.75) is 32.3 Å². The molecule has 2 rings (SSSR count). The third-order valence-corrected chi connectivity index (χ3v) is 3.43. The molecule has 0 radical (unpaired) electrons. The van der Waals surface area contributed by atoms with E-state index in [-0.39, 0.29) is 6.10 Å². The molecule has 13 heavy (non-hydrogen) atoms. The number of nitrogens with zero attached hydrogens (tertiary/aromatic N) is 1. The van der Waals surface area contributed by atoms with Gasteiger partial charge >= 0.3 is 0 Å². The van der Waals surface area contributed by atoms with Gasteiger partial charge in [0.1, 0.15) is 11.1 Å². The zero-order valence-electron chi connectivity index (χ0n) is 8.12. The van der Waals surface area contributed by atoms with Gasteiger partial charge in [0.15, 0.2) is 0 Å². The first-order valence-electron chi connectivity index (χ1n) is 4.82. The van der Waals surface area contributed by atoms with Crippen LogP contribution < -0.4 is 0 Å². The number of methoxy groups -OCH3 is 1. The Labute approximate surface area is 83.0 Å². The van der Waals surface area contributed by atoms with Crippen LogP contribution in [0.1, 0.15) is 36.6 Å². The van der Waals surface area contributed by atoms with E-state index in [9.17, 15) is 0 Å². The zero-order valence-corrected chi connectivity index (χ0v) is 8.93. The zero-order chi connectivity index (χ0) is 9.26. The second-order valence-electron chi connectivity index (χ2n) is 3.52. The van der Waals surface area contributed by atoms with Crippen LogP contribution in [0.4, 0.5) is 0 Å². The fourth-order valence-electron chi connectivity index (χ4n) is 1.51. The molecule has 3 heteroatoms. The van der Waals surface area contributed by atoms with E-state index in [1.807, 2.05) is 0 Å². The van der Waals surface area contributed by atoms with Crippen LogP contribution in [0.2, 0.25) is 0 Å². The molecule has 1 fully saturated rings. The molecular formula is C10H15NOS. The van der Waals surface area contributed by atoms with E-state index in [0.29, 0.717) is 0 Å². The maximum absolute atomic E-state index is 5.47. The van der Waals surface area contributed by atoms with Gasteiger partial charge in [-0.05, 0) is 25.2 Å². The quantitative estimate of drug-likeness (QED) is 0.740. The van der Waals surface area contributed by atoms with E-state index in [4.69, 9.17) is 4.74 Å². The van der Waals surface area contributed by atoms with Crippen molar-refractivity contribution in [3.63, 3.8) is 0 Å². The maximum Gasteiger partial charge on any atom is 0.122 e. The van der Waals surface area contributed by atoms with Crippen molar-refractivity contribution >= 4 is 11.3 Å². The lowest BCUT2D eigenvalue weighted by molar-refractivity contribution is 0.0842. The first-order chi connectivity index (χ1) is 6.35. The summed E-state index contributed by atoms with van der Waals surface area (Å²) in [6.45, 7) is 2.14. The van der Waals surface area contributed by atoms with Crippen molar-refractivity contribution < 1.29 is 4.74 Å². The van der Waals surface area contributed by atoms with Crippen molar-refractivity contribution in [2.24, 2.45) is 5.92 Å². The molecule has 2 nitrogen and oxygen atoms in total. The molecule has 0 aromatic carbocycles. The Morgan fingerprint density at radius 3 is 2.92 bits per heavy atom. The van der Waals surface area contributed by atoms with Crippen LogP contribution in [0.3, 0.4) is 0 Å². The number of hydrogen-bond acceptors (Lipinski definition) is 3. The predicted octanol–water partition coefficient (Wildman–Crippen LogP) is 2.80. The summed E-state index contributed by atoms with van der Waals surface area (Å²) >= 11 is 1.74. The van der Waals surface area contributed by atoms with Gasteiger partial charge in [-0.3, -0.25) is 0 Å². The molecule has 0 N–H and O–H groups in total. The highest BCUT2D eigenvalue weighted by Gasteiger charge is 2.34. The number of rotatable bonds is 4. The summed E-state index contributed by atoms with van der Waals surface area (Å²) in [5.74, 6) is 0.737. The Hall–Kier alpha value is -0.410. The largest absolute Gasteiger partial charge is 0.374 e. The molecule has 1 aromatic heterocycles. The molecule has 1 aromatic rings. The number of ether oxygens (including phenoxy) is 1. The van der Waals surface area contributed by atoms with Crippen molar-refractivity contribution in [3.8, 4) is 0 Å². The summed E-state index contributed by atoms with van der Waals surface area (Å²) in [5, 5.41) is 3.31. The van der Waals surface area contributed by atoms with Gasteiger partial charge in [-0.2, -0.15) is 0 Å². The minimum Gasteiger partial charge on any atom is -0.374 e. The van der Waals surface area contributed by atoms with Gasteiger partial charge in [0.05, 0.1) is 5.69 Å². The predicted molar refractivity (Wildman–Crippen MR) is 54.0 cm³/mol. The van der Waals surface area contributed by atoms with E-state index in [1.54, 1.807) is 18.4 Å². The SMILES string of the molecule is CCc1csc(C(OC)C2CC2)n1. The van der Waals surface area contributed by atoms with E-state index < -0.39 is 0 Å². The van der Waals surface area contributed by atoms with Crippen LogP contribution in [-0.2, 0) is 11.2 Å². The highest BCUT2D eigenvalue weighted by molar-refractivity contribution is 7.09. The normalized spacial score (nSPS) is 18.9. The Balaban J connectivity index is 2.12. The van der Waals surface area contributed by atoms with E-state index in [2.05, 4.69) is 17.3 Å². The minimum absolute atomic E-state index is 0.269. The van der Waals surface area contributed by atoms with E-state index >= 15 is 0 Å². The summed E-state index contributed by atoms with van der Waals surface area (Å²) in [6, 6.07) is 0. The van der Waals surface area contributed by atoms with Crippen LogP contribution in [0.25, 0.3) is 0 Å². The van der Waals surface area contributed by atoms with Crippen molar-refractivity contribution in [3.05, 3.63) is 16.1 Å². The molecule has 72 valence electrons. The lowest BCUT2D eigenvalue weighted by Gasteiger charge is -2.10. The summed E-state index contributed by atoms with van der Waals surface area (Å²) in [7, 11) is 1.79. The second kappa shape index (κ2) is 3.76. The van der Waals surface area contributed by atoms with Crippen LogP contribution in [0, 0.1) is 5.92 Å². The average molecular weight is 197 g/mol. The molecule has 1 atom stereocenters. The molecule has 1 aliphatic carbocycles. The van der Waals surface area contributed by atoms with Gasteiger partial charge < -0.3 is 4.74 Å². The summed E-state index contributed by atoms with van der Waals surface area (Å²) in [6.07, 6.45) is 3.90. The Morgan fingerprint density at radius 2 is 2.46 bits per heavy atom. The first kappa shape index (κ1) is 9.16. The van der Waals surface area contributed by atoms with Gasteiger partial charge in [-0.15, -0.1) is 11.3 Å². The summed E-state index contributed by atoms with van der Waals surface area (Å²) in [5.41, 5.74) is 1.20. The highest BCUT2D eigenvalue weighted by atomic mass is 32.1. The highest BCUT2D eigenvalue weighted by Crippen LogP contribution is 2.43. The Kier molecular flexibility index (Phi) is 2.65. The molecule has 0 spiro atoms. The Morgan fingerprint density at radius 1 is 1.69 bits per heavy atom. The smallest absolute Gasteiger partial charge is 0.122 e. The van der Waals surface area contributed by atoms with Crippen molar-refractivity contribution in [1.29, 1.82) is 0 Å². The molecule has 0 amide bonds. The molecular weight excluding hydrogens is 182 g/mol. The monoisotopic (exact) mass is 197 g/mol. The van der Waals surface area contributed by atoms with Crippen LogP contribution in [0.5, 0.6) is 0 Å². The van der Waals surface area contributed by atoms with Crippen LogP contribution in [0.15, 0.2) is 5.38 Å². The molecule has 1 saturated carbocycles. The minimum atomic E-state index is 0.269. The van der Waals surface area contributed by atoms with Gasteiger partial charge in [0.25, 0.3) is 0 Å².